The van der Waals surface area contributed by atoms with Crippen LogP contribution in [0.15, 0.2) is 30.3 Å². The minimum Gasteiger partial charge on any atom is -0.464 e. The van der Waals surface area contributed by atoms with E-state index in [2.05, 4.69) is 6.92 Å². The van der Waals surface area contributed by atoms with E-state index in [1.807, 2.05) is 26.8 Å². The second kappa shape index (κ2) is 14.9. The molecule has 0 bridgehead atoms. The topological polar surface area (TPSA) is 105 Å². The highest BCUT2D eigenvalue weighted by molar-refractivity contribution is 5.89. The molecule has 0 saturated carbocycles. The van der Waals surface area contributed by atoms with Gasteiger partial charge in [0, 0.05) is 5.41 Å². The lowest BCUT2D eigenvalue weighted by Gasteiger charge is -2.29. The smallest absolute Gasteiger partial charge is 0.338 e. The van der Waals surface area contributed by atoms with Crippen molar-refractivity contribution in [1.82, 2.24) is 0 Å². The normalized spacial score (nSPS) is 12.8. The fourth-order valence-corrected chi connectivity index (χ4v) is 3.28. The number of esters is 4. The highest BCUT2D eigenvalue weighted by Gasteiger charge is 2.37. The molecular weight excluding hydrogens is 488 g/mol. The lowest BCUT2D eigenvalue weighted by atomic mass is 9.92. The highest BCUT2D eigenvalue weighted by Crippen LogP contribution is 2.25. The molecule has 1 unspecified atom stereocenters. The van der Waals surface area contributed by atoms with Crippen LogP contribution in [0.3, 0.4) is 0 Å². The van der Waals surface area contributed by atoms with Gasteiger partial charge in [-0.3, -0.25) is 14.4 Å². The van der Waals surface area contributed by atoms with Gasteiger partial charge in [0.05, 0.1) is 35.5 Å². The van der Waals surface area contributed by atoms with Gasteiger partial charge in [-0.15, -0.1) is 0 Å². The number of unbranched alkanes of at least 4 members (excludes halogenated alkanes) is 1. The number of hydrogen-bond acceptors (Lipinski definition) is 8. The Labute approximate surface area is 227 Å². The van der Waals surface area contributed by atoms with Crippen LogP contribution in [-0.2, 0) is 33.3 Å². The van der Waals surface area contributed by atoms with Crippen molar-refractivity contribution in [3.63, 3.8) is 0 Å². The van der Waals surface area contributed by atoms with Crippen LogP contribution in [0.4, 0.5) is 0 Å². The highest BCUT2D eigenvalue weighted by atomic mass is 16.6. The summed E-state index contributed by atoms with van der Waals surface area (Å²) in [6.45, 7) is 14.0. The molecule has 0 fully saturated rings. The molecule has 38 heavy (non-hydrogen) atoms. The maximum absolute atomic E-state index is 12.8. The Morgan fingerprint density at radius 2 is 1.21 bits per heavy atom. The van der Waals surface area contributed by atoms with Crippen LogP contribution in [-0.4, -0.2) is 50.3 Å². The van der Waals surface area contributed by atoms with Crippen molar-refractivity contribution in [3.05, 3.63) is 35.9 Å². The average molecular weight is 535 g/mol. The van der Waals surface area contributed by atoms with Crippen LogP contribution < -0.4 is 0 Å². The minimum atomic E-state index is -1.10. The number of ether oxygens (including phenoxy) is 4. The Balaban J connectivity index is 2.53. The van der Waals surface area contributed by atoms with E-state index in [-0.39, 0.29) is 38.3 Å². The summed E-state index contributed by atoms with van der Waals surface area (Å²) in [7, 11) is 0. The van der Waals surface area contributed by atoms with Crippen molar-refractivity contribution in [2.75, 3.05) is 26.4 Å². The maximum Gasteiger partial charge on any atom is 0.338 e. The predicted octanol–water partition coefficient (Wildman–Crippen LogP) is 5.77. The predicted molar refractivity (Wildman–Crippen MR) is 144 cm³/mol. The molecule has 0 amide bonds. The monoisotopic (exact) mass is 534 g/mol. The van der Waals surface area contributed by atoms with Gasteiger partial charge in [0.15, 0.2) is 0 Å². The number of carbonyl (C=O) groups is 4. The molecule has 8 nitrogen and oxygen atoms in total. The summed E-state index contributed by atoms with van der Waals surface area (Å²) in [5.74, 6) is -2.04. The van der Waals surface area contributed by atoms with Crippen molar-refractivity contribution >= 4 is 23.9 Å². The summed E-state index contributed by atoms with van der Waals surface area (Å²) >= 11 is 0. The van der Waals surface area contributed by atoms with Gasteiger partial charge in [-0.1, -0.05) is 58.7 Å². The van der Waals surface area contributed by atoms with Gasteiger partial charge in [-0.2, -0.15) is 0 Å². The third-order valence-corrected chi connectivity index (χ3v) is 6.17. The van der Waals surface area contributed by atoms with Gasteiger partial charge in [-0.05, 0) is 52.7 Å². The van der Waals surface area contributed by atoms with Gasteiger partial charge in [0.2, 0.25) is 0 Å². The van der Waals surface area contributed by atoms with E-state index < -0.39 is 34.2 Å². The lowest BCUT2D eigenvalue weighted by molar-refractivity contribution is -0.171. The molecule has 0 aromatic heterocycles. The second-order valence-corrected chi connectivity index (χ2v) is 11.9. The van der Waals surface area contributed by atoms with Crippen molar-refractivity contribution in [1.29, 1.82) is 0 Å². The molecule has 0 aliphatic heterocycles. The molecule has 1 aromatic carbocycles. The summed E-state index contributed by atoms with van der Waals surface area (Å²) in [6.07, 6.45) is 3.39. The number of hydrogen-bond donors (Lipinski definition) is 0. The molecular formula is C30H46O8. The van der Waals surface area contributed by atoms with E-state index in [9.17, 15) is 19.2 Å². The Hall–Kier alpha value is -2.90. The number of rotatable bonds is 16. The molecule has 0 N–H and O–H groups in total. The van der Waals surface area contributed by atoms with Gasteiger partial charge in [-0.25, -0.2) is 4.79 Å². The zero-order chi connectivity index (χ0) is 29.0. The first-order valence-corrected chi connectivity index (χ1v) is 13.4. The molecule has 0 heterocycles. The third-order valence-electron chi connectivity index (χ3n) is 6.17. The third kappa shape index (κ3) is 11.2. The summed E-state index contributed by atoms with van der Waals surface area (Å²) in [6, 6.07) is 8.65. The average Bonchev–Trinajstić information content (AvgIpc) is 2.88. The van der Waals surface area contributed by atoms with E-state index >= 15 is 0 Å². The first-order valence-electron chi connectivity index (χ1n) is 13.4. The quantitative estimate of drug-likeness (QED) is 0.194. The molecule has 1 atom stereocenters. The minimum absolute atomic E-state index is 0.0172. The van der Waals surface area contributed by atoms with E-state index in [1.54, 1.807) is 52.0 Å². The van der Waals surface area contributed by atoms with Crippen molar-refractivity contribution in [3.8, 4) is 0 Å². The van der Waals surface area contributed by atoms with Crippen LogP contribution >= 0.6 is 0 Å². The summed E-state index contributed by atoms with van der Waals surface area (Å²) in [5, 5.41) is 0. The largest absolute Gasteiger partial charge is 0.464 e. The standard InChI is InChI=1S/C30H46O8/c1-9-11-15-22(10-2)24(31)36-20-29(5,6)27(34)38-21-30(7,8)26(33)37-19-28(3,4)18-35-25(32)23-16-13-12-14-17-23/h12-14,16-17,22H,9-11,15,18-21H2,1-8H3. The van der Waals surface area contributed by atoms with Crippen molar-refractivity contribution < 1.29 is 38.1 Å². The van der Waals surface area contributed by atoms with Gasteiger partial charge in [0.25, 0.3) is 0 Å². The van der Waals surface area contributed by atoms with E-state index in [4.69, 9.17) is 18.9 Å². The van der Waals surface area contributed by atoms with Crippen LogP contribution in [0.2, 0.25) is 0 Å². The van der Waals surface area contributed by atoms with Gasteiger partial charge < -0.3 is 18.9 Å². The molecule has 0 spiro atoms. The number of benzene rings is 1. The maximum atomic E-state index is 12.8. The van der Waals surface area contributed by atoms with E-state index in [0.29, 0.717) is 12.0 Å². The van der Waals surface area contributed by atoms with Crippen LogP contribution in [0, 0.1) is 22.2 Å². The van der Waals surface area contributed by atoms with Crippen molar-refractivity contribution in [2.45, 2.75) is 81.1 Å². The zero-order valence-electron chi connectivity index (χ0n) is 24.4. The molecule has 1 aromatic rings. The molecule has 1 rings (SSSR count). The van der Waals surface area contributed by atoms with Crippen molar-refractivity contribution in [2.24, 2.45) is 22.2 Å². The first-order chi connectivity index (χ1) is 17.6. The molecule has 0 aliphatic carbocycles. The summed E-state index contributed by atoms with van der Waals surface area (Å²) < 4.78 is 21.7. The summed E-state index contributed by atoms with van der Waals surface area (Å²) in [4.78, 5) is 50.1. The van der Waals surface area contributed by atoms with E-state index in [0.717, 1.165) is 19.3 Å². The molecule has 214 valence electrons. The number of carbonyl (C=O) groups excluding carboxylic acids is 4. The fourth-order valence-electron chi connectivity index (χ4n) is 3.28. The Morgan fingerprint density at radius 3 is 1.74 bits per heavy atom. The second-order valence-electron chi connectivity index (χ2n) is 11.9. The Bertz CT molecular complexity index is 917. The molecule has 0 radical (unpaired) electrons. The molecule has 0 aliphatic rings. The summed E-state index contributed by atoms with van der Waals surface area (Å²) in [5.41, 5.74) is -2.34. The Kier molecular flexibility index (Phi) is 13.0. The Morgan fingerprint density at radius 1 is 0.711 bits per heavy atom. The fraction of sp³-hybridized carbons (Fsp3) is 0.667. The molecule has 8 heteroatoms. The van der Waals surface area contributed by atoms with Crippen LogP contribution in [0.25, 0.3) is 0 Å². The van der Waals surface area contributed by atoms with Gasteiger partial charge >= 0.3 is 23.9 Å². The lowest BCUT2D eigenvalue weighted by Crippen LogP contribution is -2.39. The van der Waals surface area contributed by atoms with Gasteiger partial charge in [0.1, 0.15) is 13.2 Å². The van der Waals surface area contributed by atoms with Crippen LogP contribution in [0.5, 0.6) is 0 Å². The molecule has 0 saturated heterocycles. The van der Waals surface area contributed by atoms with Crippen LogP contribution in [0.1, 0.15) is 91.4 Å². The van der Waals surface area contributed by atoms with E-state index in [1.165, 1.54) is 0 Å². The first kappa shape index (κ1) is 33.1. The zero-order valence-corrected chi connectivity index (χ0v) is 24.4. The SMILES string of the molecule is CCCCC(CC)C(=O)OCC(C)(C)C(=O)OCC(C)(C)C(=O)OCC(C)(C)COC(=O)c1ccccc1.